The van der Waals surface area contributed by atoms with Crippen LogP contribution >= 0.6 is 22.9 Å². The summed E-state index contributed by atoms with van der Waals surface area (Å²) in [6.07, 6.45) is 0.880. The van der Waals surface area contributed by atoms with E-state index in [0.29, 0.717) is 10.7 Å². The van der Waals surface area contributed by atoms with Crippen LogP contribution in [-0.4, -0.2) is 11.5 Å². The minimum atomic E-state index is -0.325. The van der Waals surface area contributed by atoms with Gasteiger partial charge in [0, 0.05) is 28.6 Å². The van der Waals surface area contributed by atoms with Gasteiger partial charge in [-0.05, 0) is 25.1 Å². The van der Waals surface area contributed by atoms with E-state index in [-0.39, 0.29) is 5.82 Å². The summed E-state index contributed by atoms with van der Waals surface area (Å²) in [5, 5.41) is 3.55. The van der Waals surface area contributed by atoms with Crippen LogP contribution < -0.4 is 5.32 Å². The fourth-order valence-electron chi connectivity index (χ4n) is 1.54. The first-order chi connectivity index (χ1) is 8.15. The Hall–Kier alpha value is -1.13. The zero-order valence-corrected chi connectivity index (χ0v) is 10.9. The fraction of sp³-hybridized carbons (Fsp3) is 0.250. The molecule has 1 N–H and O–H groups in total. The van der Waals surface area contributed by atoms with E-state index < -0.39 is 0 Å². The number of aromatic nitrogens is 1. The van der Waals surface area contributed by atoms with Gasteiger partial charge in [0.15, 0.2) is 0 Å². The second-order valence-electron chi connectivity index (χ2n) is 3.70. The van der Waals surface area contributed by atoms with E-state index in [4.69, 9.17) is 11.6 Å². The van der Waals surface area contributed by atoms with Gasteiger partial charge >= 0.3 is 0 Å². The van der Waals surface area contributed by atoms with E-state index >= 15 is 0 Å². The van der Waals surface area contributed by atoms with Crippen LogP contribution in [0.1, 0.15) is 10.6 Å². The van der Waals surface area contributed by atoms with Gasteiger partial charge in [-0.2, -0.15) is 0 Å². The van der Waals surface area contributed by atoms with Crippen molar-refractivity contribution in [2.75, 3.05) is 11.9 Å². The summed E-state index contributed by atoms with van der Waals surface area (Å²) in [7, 11) is 0. The molecule has 0 radical (unpaired) electrons. The van der Waals surface area contributed by atoms with Crippen LogP contribution in [0.2, 0.25) is 5.02 Å². The molecule has 2 aromatic rings. The third-order valence-electron chi connectivity index (χ3n) is 2.39. The summed E-state index contributed by atoms with van der Waals surface area (Å²) in [6.45, 7) is 2.73. The van der Waals surface area contributed by atoms with Crippen LogP contribution in [0, 0.1) is 12.7 Å². The summed E-state index contributed by atoms with van der Waals surface area (Å²) in [5.74, 6) is -0.325. The van der Waals surface area contributed by atoms with E-state index in [2.05, 4.69) is 10.3 Å². The van der Waals surface area contributed by atoms with Gasteiger partial charge in [-0.1, -0.05) is 11.6 Å². The van der Waals surface area contributed by atoms with Crippen molar-refractivity contribution in [1.29, 1.82) is 0 Å². The van der Waals surface area contributed by atoms with E-state index in [1.807, 2.05) is 12.4 Å². The molecule has 0 spiro atoms. The van der Waals surface area contributed by atoms with E-state index in [9.17, 15) is 4.39 Å². The SMILES string of the molecule is Cc1ncsc1CCNc1cc(F)cc(Cl)c1. The number of nitrogens with one attached hydrogen (secondary N) is 1. The van der Waals surface area contributed by atoms with Crippen molar-refractivity contribution < 1.29 is 4.39 Å². The molecule has 90 valence electrons. The summed E-state index contributed by atoms with van der Waals surface area (Å²) < 4.78 is 13.1. The number of anilines is 1. The zero-order valence-electron chi connectivity index (χ0n) is 9.34. The molecule has 0 aliphatic carbocycles. The molecule has 0 bridgehead atoms. The Morgan fingerprint density at radius 2 is 2.24 bits per heavy atom. The topological polar surface area (TPSA) is 24.9 Å². The minimum absolute atomic E-state index is 0.325. The standard InChI is InChI=1S/C12H12ClFN2S/c1-8-12(17-7-16-8)2-3-15-11-5-9(13)4-10(14)6-11/h4-7,15H,2-3H2,1H3. The first-order valence-corrected chi connectivity index (χ1v) is 6.50. The molecule has 17 heavy (non-hydrogen) atoms. The number of benzene rings is 1. The lowest BCUT2D eigenvalue weighted by molar-refractivity contribution is 0.628. The monoisotopic (exact) mass is 270 g/mol. The highest BCUT2D eigenvalue weighted by Gasteiger charge is 2.02. The molecule has 0 aliphatic rings. The first-order valence-electron chi connectivity index (χ1n) is 5.24. The smallest absolute Gasteiger partial charge is 0.126 e. The Kier molecular flexibility index (Phi) is 3.97. The molecule has 1 heterocycles. The van der Waals surface area contributed by atoms with E-state index in [1.165, 1.54) is 17.0 Å². The maximum absolute atomic E-state index is 13.1. The molecule has 0 unspecified atom stereocenters. The van der Waals surface area contributed by atoms with Crippen LogP contribution in [-0.2, 0) is 6.42 Å². The minimum Gasteiger partial charge on any atom is -0.385 e. The lowest BCUT2D eigenvalue weighted by Gasteiger charge is -2.06. The van der Waals surface area contributed by atoms with Crippen LogP contribution in [0.5, 0.6) is 0 Å². The maximum atomic E-state index is 13.1. The van der Waals surface area contributed by atoms with Crippen molar-refractivity contribution >= 4 is 28.6 Å². The third-order valence-corrected chi connectivity index (χ3v) is 3.60. The molecule has 0 aliphatic heterocycles. The van der Waals surface area contributed by atoms with Gasteiger partial charge < -0.3 is 5.32 Å². The van der Waals surface area contributed by atoms with Crippen molar-refractivity contribution in [2.45, 2.75) is 13.3 Å². The Balaban J connectivity index is 1.92. The molecule has 0 saturated heterocycles. The zero-order chi connectivity index (χ0) is 12.3. The normalized spacial score (nSPS) is 10.5. The molecule has 0 atom stereocenters. The highest BCUT2D eigenvalue weighted by molar-refractivity contribution is 7.09. The van der Waals surface area contributed by atoms with Gasteiger partial charge in [0.1, 0.15) is 5.82 Å². The molecule has 2 rings (SSSR count). The Labute approximate surface area is 108 Å². The number of rotatable bonds is 4. The molecule has 1 aromatic carbocycles. The second-order valence-corrected chi connectivity index (χ2v) is 5.07. The molecular formula is C12H12ClFN2S. The van der Waals surface area contributed by atoms with Crippen molar-refractivity contribution in [2.24, 2.45) is 0 Å². The van der Waals surface area contributed by atoms with Crippen molar-refractivity contribution in [1.82, 2.24) is 4.98 Å². The molecule has 0 saturated carbocycles. The van der Waals surface area contributed by atoms with Gasteiger partial charge in [0.25, 0.3) is 0 Å². The predicted octanol–water partition coefficient (Wildman–Crippen LogP) is 3.90. The molecule has 0 amide bonds. The van der Waals surface area contributed by atoms with Crippen LogP contribution in [0.15, 0.2) is 23.7 Å². The largest absolute Gasteiger partial charge is 0.385 e. The maximum Gasteiger partial charge on any atom is 0.126 e. The first kappa shape index (κ1) is 12.3. The molecule has 1 aromatic heterocycles. The predicted molar refractivity (Wildman–Crippen MR) is 70.5 cm³/mol. The van der Waals surface area contributed by atoms with E-state index in [1.54, 1.807) is 17.4 Å². The lowest BCUT2D eigenvalue weighted by atomic mass is 10.2. The third kappa shape index (κ3) is 3.41. The number of hydrogen-bond acceptors (Lipinski definition) is 3. The Morgan fingerprint density at radius 3 is 2.88 bits per heavy atom. The fourth-order valence-corrected chi connectivity index (χ4v) is 2.55. The molecule has 5 heteroatoms. The van der Waals surface area contributed by atoms with Crippen LogP contribution in [0.3, 0.4) is 0 Å². The summed E-state index contributed by atoms with van der Waals surface area (Å²) >= 11 is 7.41. The van der Waals surface area contributed by atoms with Crippen molar-refractivity contribution in [3.63, 3.8) is 0 Å². The molecule has 2 nitrogen and oxygen atoms in total. The van der Waals surface area contributed by atoms with Gasteiger partial charge in [0.05, 0.1) is 11.2 Å². The van der Waals surface area contributed by atoms with Crippen molar-refractivity contribution in [3.05, 3.63) is 45.1 Å². The Morgan fingerprint density at radius 1 is 1.41 bits per heavy atom. The highest BCUT2D eigenvalue weighted by Crippen LogP contribution is 2.18. The summed E-state index contributed by atoms with van der Waals surface area (Å²) in [6, 6.07) is 4.44. The number of hydrogen-bond donors (Lipinski definition) is 1. The average molecular weight is 271 g/mol. The van der Waals surface area contributed by atoms with Gasteiger partial charge in [-0.15, -0.1) is 11.3 Å². The van der Waals surface area contributed by atoms with Gasteiger partial charge in [-0.25, -0.2) is 9.37 Å². The van der Waals surface area contributed by atoms with E-state index in [0.717, 1.165) is 18.7 Å². The Bertz CT molecular complexity index is 493. The molecule has 0 fully saturated rings. The van der Waals surface area contributed by atoms with Crippen molar-refractivity contribution in [3.8, 4) is 0 Å². The molecular weight excluding hydrogens is 259 g/mol. The average Bonchev–Trinajstić information content (AvgIpc) is 2.63. The van der Waals surface area contributed by atoms with Crippen LogP contribution in [0.4, 0.5) is 10.1 Å². The summed E-state index contributed by atoms with van der Waals surface area (Å²) in [4.78, 5) is 5.43. The summed E-state index contributed by atoms with van der Waals surface area (Å²) in [5.41, 5.74) is 3.61. The van der Waals surface area contributed by atoms with Gasteiger partial charge in [-0.3, -0.25) is 0 Å². The number of nitrogens with zero attached hydrogens (tertiary/aromatic N) is 1. The number of halogens is 2. The number of thiazole rings is 1. The highest BCUT2D eigenvalue weighted by atomic mass is 35.5. The quantitative estimate of drug-likeness (QED) is 0.911. The van der Waals surface area contributed by atoms with Gasteiger partial charge in [0.2, 0.25) is 0 Å². The lowest BCUT2D eigenvalue weighted by Crippen LogP contribution is -2.04. The number of aryl methyl sites for hydroxylation is 1. The second kappa shape index (κ2) is 5.47. The van der Waals surface area contributed by atoms with Crippen LogP contribution in [0.25, 0.3) is 0 Å².